The molecule has 1 heterocycles. The van der Waals surface area contributed by atoms with Crippen molar-refractivity contribution in [3.05, 3.63) is 25.6 Å². The molecule has 0 aliphatic rings. The SMILES string of the molecule is O=[N+]([O-])c1c(I)ncc(CF)c1OC(F)(F)F. The van der Waals surface area contributed by atoms with E-state index in [2.05, 4.69) is 9.72 Å². The highest BCUT2D eigenvalue weighted by molar-refractivity contribution is 14.1. The molecule has 0 bridgehead atoms. The molecule has 0 saturated heterocycles. The maximum atomic E-state index is 12.4. The van der Waals surface area contributed by atoms with Gasteiger partial charge in [0.25, 0.3) is 0 Å². The van der Waals surface area contributed by atoms with Gasteiger partial charge in [0.05, 0.1) is 10.5 Å². The van der Waals surface area contributed by atoms with Gasteiger partial charge < -0.3 is 4.74 Å². The maximum Gasteiger partial charge on any atom is 0.573 e. The van der Waals surface area contributed by atoms with E-state index >= 15 is 0 Å². The molecule has 0 fully saturated rings. The minimum atomic E-state index is -5.14. The first kappa shape index (κ1) is 13.9. The van der Waals surface area contributed by atoms with Gasteiger partial charge in [-0.2, -0.15) is 0 Å². The lowest BCUT2D eigenvalue weighted by Gasteiger charge is -2.11. The van der Waals surface area contributed by atoms with Crippen molar-refractivity contribution in [2.24, 2.45) is 0 Å². The highest BCUT2D eigenvalue weighted by atomic mass is 127. The van der Waals surface area contributed by atoms with Crippen LogP contribution in [0.3, 0.4) is 0 Å². The predicted molar refractivity (Wildman–Crippen MR) is 55.1 cm³/mol. The topological polar surface area (TPSA) is 65.3 Å². The number of pyridine rings is 1. The summed E-state index contributed by atoms with van der Waals surface area (Å²) in [5.41, 5.74) is -1.63. The van der Waals surface area contributed by atoms with Crippen LogP contribution in [-0.4, -0.2) is 16.3 Å². The van der Waals surface area contributed by atoms with E-state index in [9.17, 15) is 27.7 Å². The minimum absolute atomic E-state index is 0.316. The van der Waals surface area contributed by atoms with Crippen molar-refractivity contribution in [1.29, 1.82) is 0 Å². The third-order valence-electron chi connectivity index (χ3n) is 1.58. The van der Waals surface area contributed by atoms with Crippen LogP contribution in [0.5, 0.6) is 5.75 Å². The Bertz CT molecular complexity index is 451. The van der Waals surface area contributed by atoms with Crippen LogP contribution in [0.25, 0.3) is 0 Å². The summed E-state index contributed by atoms with van der Waals surface area (Å²) in [5.74, 6) is -1.16. The zero-order valence-electron chi connectivity index (χ0n) is 7.79. The summed E-state index contributed by atoms with van der Waals surface area (Å²) in [5, 5.41) is 10.6. The number of aromatic nitrogens is 1. The van der Waals surface area contributed by atoms with Crippen molar-refractivity contribution in [1.82, 2.24) is 4.98 Å². The van der Waals surface area contributed by atoms with Crippen LogP contribution >= 0.6 is 22.6 Å². The van der Waals surface area contributed by atoms with Crippen molar-refractivity contribution in [3.8, 4) is 5.75 Å². The number of halogens is 5. The molecular formula is C7H3F4IN2O3. The Kier molecular flexibility index (Phi) is 4.06. The number of hydrogen-bond donors (Lipinski definition) is 0. The van der Waals surface area contributed by atoms with Gasteiger partial charge in [0, 0.05) is 6.20 Å². The number of hydrogen-bond acceptors (Lipinski definition) is 4. The third-order valence-corrected chi connectivity index (χ3v) is 2.37. The Morgan fingerprint density at radius 2 is 2.12 bits per heavy atom. The first-order valence-corrected chi connectivity index (χ1v) is 4.97. The van der Waals surface area contributed by atoms with Crippen molar-refractivity contribution >= 4 is 28.3 Å². The van der Waals surface area contributed by atoms with Gasteiger partial charge in [0.2, 0.25) is 5.75 Å². The summed E-state index contributed by atoms with van der Waals surface area (Å²) < 4.78 is 51.7. The summed E-state index contributed by atoms with van der Waals surface area (Å²) in [6.45, 7) is -1.35. The molecule has 0 aliphatic heterocycles. The first-order chi connectivity index (χ1) is 7.76. The molecule has 0 aromatic carbocycles. The van der Waals surface area contributed by atoms with Crippen LogP contribution in [0.2, 0.25) is 0 Å². The summed E-state index contributed by atoms with van der Waals surface area (Å²) in [6, 6.07) is 0. The van der Waals surface area contributed by atoms with Gasteiger partial charge >= 0.3 is 12.0 Å². The zero-order valence-corrected chi connectivity index (χ0v) is 9.95. The van der Waals surface area contributed by atoms with Crippen molar-refractivity contribution in [2.45, 2.75) is 13.0 Å². The van der Waals surface area contributed by atoms with E-state index in [1.807, 2.05) is 0 Å². The molecule has 0 amide bonds. The van der Waals surface area contributed by atoms with E-state index in [1.54, 1.807) is 0 Å². The van der Waals surface area contributed by atoms with E-state index in [0.29, 0.717) is 0 Å². The van der Waals surface area contributed by atoms with Crippen molar-refractivity contribution < 1.29 is 27.2 Å². The normalized spacial score (nSPS) is 11.4. The average molecular weight is 366 g/mol. The van der Waals surface area contributed by atoms with Gasteiger partial charge in [-0.05, 0) is 22.6 Å². The van der Waals surface area contributed by atoms with Crippen LogP contribution in [0.15, 0.2) is 6.20 Å². The fourth-order valence-corrected chi connectivity index (χ4v) is 1.56. The molecule has 0 spiro atoms. The standard InChI is InChI=1S/C7H3F4IN2O3/c8-1-3-2-13-6(12)4(14(15)16)5(3)17-7(9,10)11/h2H,1H2. The second-order valence-electron chi connectivity index (χ2n) is 2.69. The van der Waals surface area contributed by atoms with E-state index in [-0.39, 0.29) is 3.70 Å². The molecular weight excluding hydrogens is 363 g/mol. The number of ether oxygens (including phenoxy) is 1. The van der Waals surface area contributed by atoms with Gasteiger partial charge in [0.1, 0.15) is 6.67 Å². The lowest BCUT2D eigenvalue weighted by Crippen LogP contribution is -2.19. The fourth-order valence-electron chi connectivity index (χ4n) is 0.983. The molecule has 5 nitrogen and oxygen atoms in total. The quantitative estimate of drug-likeness (QED) is 0.271. The number of rotatable bonds is 3. The number of alkyl halides is 4. The maximum absolute atomic E-state index is 12.4. The second-order valence-corrected chi connectivity index (χ2v) is 3.71. The highest BCUT2D eigenvalue weighted by Crippen LogP contribution is 2.37. The molecule has 0 atom stereocenters. The molecule has 1 rings (SSSR count). The molecule has 17 heavy (non-hydrogen) atoms. The Hall–Kier alpha value is -1.20. The average Bonchev–Trinajstić information content (AvgIpc) is 2.15. The molecule has 0 saturated carbocycles. The molecule has 0 aliphatic carbocycles. The summed E-state index contributed by atoms with van der Waals surface area (Å²) >= 11 is 1.36. The summed E-state index contributed by atoms with van der Waals surface area (Å²) in [7, 11) is 0. The third kappa shape index (κ3) is 3.38. The van der Waals surface area contributed by atoms with Crippen LogP contribution in [-0.2, 0) is 6.67 Å². The first-order valence-electron chi connectivity index (χ1n) is 3.89. The Balaban J connectivity index is 3.40. The van der Waals surface area contributed by atoms with Gasteiger partial charge in [-0.3, -0.25) is 10.1 Å². The smallest absolute Gasteiger partial charge is 0.398 e. The molecule has 10 heteroatoms. The van der Waals surface area contributed by atoms with Gasteiger partial charge in [-0.25, -0.2) is 9.37 Å². The van der Waals surface area contributed by atoms with E-state index < -0.39 is 35.0 Å². The van der Waals surface area contributed by atoms with Gasteiger partial charge in [0.15, 0.2) is 3.70 Å². The van der Waals surface area contributed by atoms with Crippen LogP contribution in [0.4, 0.5) is 23.2 Å². The largest absolute Gasteiger partial charge is 0.573 e. The zero-order chi connectivity index (χ0) is 13.2. The van der Waals surface area contributed by atoms with Crippen LogP contribution in [0.1, 0.15) is 5.56 Å². The monoisotopic (exact) mass is 366 g/mol. The van der Waals surface area contributed by atoms with Crippen molar-refractivity contribution in [3.63, 3.8) is 0 Å². The van der Waals surface area contributed by atoms with Crippen LogP contribution < -0.4 is 4.74 Å². The lowest BCUT2D eigenvalue weighted by molar-refractivity contribution is -0.390. The Labute approximate surface area is 105 Å². The van der Waals surface area contributed by atoms with Crippen LogP contribution in [0, 0.1) is 13.8 Å². The second kappa shape index (κ2) is 4.98. The molecule has 0 N–H and O–H groups in total. The Morgan fingerprint density at radius 3 is 2.53 bits per heavy atom. The molecule has 0 radical (unpaired) electrons. The van der Waals surface area contributed by atoms with E-state index in [4.69, 9.17) is 0 Å². The number of nitro groups is 1. The lowest BCUT2D eigenvalue weighted by atomic mass is 10.2. The van der Waals surface area contributed by atoms with Gasteiger partial charge in [-0.1, -0.05) is 0 Å². The van der Waals surface area contributed by atoms with Crippen molar-refractivity contribution in [2.75, 3.05) is 0 Å². The summed E-state index contributed by atoms with van der Waals surface area (Å²) in [6.07, 6.45) is -4.38. The molecule has 0 unspecified atom stereocenters. The van der Waals surface area contributed by atoms with Gasteiger partial charge in [-0.15, -0.1) is 13.2 Å². The number of nitrogens with zero attached hydrogens (tertiary/aromatic N) is 2. The molecule has 1 aromatic heterocycles. The fraction of sp³-hybridized carbons (Fsp3) is 0.286. The summed E-state index contributed by atoms with van der Waals surface area (Å²) in [4.78, 5) is 12.9. The Morgan fingerprint density at radius 1 is 1.53 bits per heavy atom. The van der Waals surface area contributed by atoms with E-state index in [1.165, 1.54) is 22.6 Å². The minimum Gasteiger partial charge on any atom is -0.398 e. The molecule has 94 valence electrons. The highest BCUT2D eigenvalue weighted by Gasteiger charge is 2.37. The molecule has 1 aromatic rings. The predicted octanol–water partition coefficient (Wildman–Crippen LogP) is 2.96. The van der Waals surface area contributed by atoms with E-state index in [0.717, 1.165) is 6.20 Å².